The van der Waals surface area contributed by atoms with Gasteiger partial charge in [0.25, 0.3) is 0 Å². The smallest absolute Gasteiger partial charge is 0.336 e. The number of ether oxygens (including phenoxy) is 2. The number of nitrogens with one attached hydrogen (secondary N) is 1. The summed E-state index contributed by atoms with van der Waals surface area (Å²) in [7, 11) is 1.34. The van der Waals surface area contributed by atoms with E-state index < -0.39 is 6.10 Å². The molecule has 1 aliphatic carbocycles. The second kappa shape index (κ2) is 5.46. The van der Waals surface area contributed by atoms with Crippen LogP contribution in [0.5, 0.6) is 0 Å². The van der Waals surface area contributed by atoms with Crippen LogP contribution in [0, 0.1) is 0 Å². The van der Waals surface area contributed by atoms with E-state index in [-0.39, 0.29) is 11.9 Å². The quantitative estimate of drug-likeness (QED) is 0.650. The first-order valence-electron chi connectivity index (χ1n) is 5.90. The third-order valence-electron chi connectivity index (χ3n) is 2.92. The molecule has 1 heterocycles. The molecule has 0 aromatic heterocycles. The van der Waals surface area contributed by atoms with Gasteiger partial charge in [-0.3, -0.25) is 9.69 Å². The van der Waals surface area contributed by atoms with E-state index >= 15 is 0 Å². The fraction of sp³-hybridized carbons (Fsp3) is 0.818. The third-order valence-corrected chi connectivity index (χ3v) is 2.92. The minimum absolute atomic E-state index is 0.0259. The van der Waals surface area contributed by atoms with Gasteiger partial charge in [-0.2, -0.15) is 0 Å². The summed E-state index contributed by atoms with van der Waals surface area (Å²) in [5.74, 6) is -0.352. The number of esters is 1. The Hall–Kier alpha value is -1.14. The molecule has 17 heavy (non-hydrogen) atoms. The SMILES string of the molecule is COC(=O)C1CN(CC(=O)NC2CC2)CCO1. The number of hydrogen-bond acceptors (Lipinski definition) is 5. The summed E-state index contributed by atoms with van der Waals surface area (Å²) in [6.45, 7) is 1.88. The molecule has 1 saturated heterocycles. The van der Waals surface area contributed by atoms with Crippen LogP contribution in [0.25, 0.3) is 0 Å². The first-order valence-corrected chi connectivity index (χ1v) is 5.90. The zero-order chi connectivity index (χ0) is 12.3. The van der Waals surface area contributed by atoms with Gasteiger partial charge in [0, 0.05) is 19.1 Å². The fourth-order valence-corrected chi connectivity index (χ4v) is 1.82. The average Bonchev–Trinajstić information content (AvgIpc) is 3.12. The van der Waals surface area contributed by atoms with E-state index in [9.17, 15) is 9.59 Å². The number of nitrogens with zero attached hydrogens (tertiary/aromatic N) is 1. The van der Waals surface area contributed by atoms with Crippen LogP contribution in [0.15, 0.2) is 0 Å². The molecule has 1 N–H and O–H groups in total. The van der Waals surface area contributed by atoms with E-state index in [1.807, 2.05) is 4.90 Å². The third kappa shape index (κ3) is 3.67. The zero-order valence-corrected chi connectivity index (χ0v) is 9.98. The predicted octanol–water partition coefficient (Wildman–Crippen LogP) is -0.861. The molecule has 1 atom stereocenters. The molecule has 2 aliphatic rings. The summed E-state index contributed by atoms with van der Waals surface area (Å²) < 4.78 is 9.91. The minimum atomic E-state index is -0.567. The molecule has 96 valence electrons. The molecule has 6 nitrogen and oxygen atoms in total. The van der Waals surface area contributed by atoms with Gasteiger partial charge >= 0.3 is 5.97 Å². The standard InChI is InChI=1S/C11H18N2O4/c1-16-11(15)9-6-13(4-5-17-9)7-10(14)12-8-2-3-8/h8-9H,2-7H2,1H3,(H,12,14). The Morgan fingerprint density at radius 2 is 2.24 bits per heavy atom. The molecule has 1 saturated carbocycles. The van der Waals surface area contributed by atoms with Crippen LogP contribution in [0.3, 0.4) is 0 Å². The molecule has 0 radical (unpaired) electrons. The number of methoxy groups -OCH3 is 1. The monoisotopic (exact) mass is 242 g/mol. The first kappa shape index (κ1) is 12.3. The second-order valence-corrected chi connectivity index (χ2v) is 4.46. The van der Waals surface area contributed by atoms with Crippen molar-refractivity contribution >= 4 is 11.9 Å². The highest BCUT2D eigenvalue weighted by Crippen LogP contribution is 2.18. The van der Waals surface area contributed by atoms with Crippen molar-refractivity contribution in [2.45, 2.75) is 25.0 Å². The molecule has 0 aromatic carbocycles. The molecule has 0 spiro atoms. The van der Waals surface area contributed by atoms with E-state index in [1.165, 1.54) is 7.11 Å². The van der Waals surface area contributed by atoms with Gasteiger partial charge in [-0.15, -0.1) is 0 Å². The van der Waals surface area contributed by atoms with Crippen molar-refractivity contribution in [3.05, 3.63) is 0 Å². The lowest BCUT2D eigenvalue weighted by atomic mass is 10.2. The Morgan fingerprint density at radius 1 is 1.47 bits per heavy atom. The molecule has 6 heteroatoms. The van der Waals surface area contributed by atoms with Crippen molar-refractivity contribution in [2.75, 3.05) is 33.4 Å². The van der Waals surface area contributed by atoms with Crippen LogP contribution in [0.4, 0.5) is 0 Å². The average molecular weight is 242 g/mol. The van der Waals surface area contributed by atoms with Crippen LogP contribution in [-0.4, -0.2) is 62.3 Å². The Balaban J connectivity index is 1.75. The topological polar surface area (TPSA) is 67.9 Å². The second-order valence-electron chi connectivity index (χ2n) is 4.46. The van der Waals surface area contributed by atoms with Crippen molar-refractivity contribution in [2.24, 2.45) is 0 Å². The van der Waals surface area contributed by atoms with Crippen LogP contribution >= 0.6 is 0 Å². The summed E-state index contributed by atoms with van der Waals surface area (Å²) in [6, 6.07) is 0.375. The van der Waals surface area contributed by atoms with Gasteiger partial charge < -0.3 is 14.8 Å². The maximum Gasteiger partial charge on any atom is 0.336 e. The lowest BCUT2D eigenvalue weighted by Crippen LogP contribution is -2.49. The van der Waals surface area contributed by atoms with Crippen LogP contribution in [0.2, 0.25) is 0 Å². The largest absolute Gasteiger partial charge is 0.467 e. The summed E-state index contributed by atoms with van der Waals surface area (Å²) in [5, 5.41) is 2.92. The van der Waals surface area contributed by atoms with Gasteiger partial charge in [0.05, 0.1) is 20.3 Å². The Kier molecular flexibility index (Phi) is 3.96. The van der Waals surface area contributed by atoms with Crippen LogP contribution in [0.1, 0.15) is 12.8 Å². The highest BCUT2D eigenvalue weighted by molar-refractivity contribution is 5.79. The van der Waals surface area contributed by atoms with Crippen molar-refractivity contribution in [1.82, 2.24) is 10.2 Å². The summed E-state index contributed by atoms with van der Waals surface area (Å²) in [4.78, 5) is 24.8. The van der Waals surface area contributed by atoms with E-state index in [1.54, 1.807) is 0 Å². The summed E-state index contributed by atoms with van der Waals surface area (Å²) in [6.07, 6.45) is 1.60. The zero-order valence-electron chi connectivity index (χ0n) is 9.98. The highest BCUT2D eigenvalue weighted by atomic mass is 16.6. The molecular formula is C11H18N2O4. The Bertz CT molecular complexity index is 304. The van der Waals surface area contributed by atoms with Crippen molar-refractivity contribution in [3.8, 4) is 0 Å². The summed E-state index contributed by atoms with van der Waals surface area (Å²) in [5.41, 5.74) is 0. The number of amides is 1. The first-order chi connectivity index (χ1) is 8.19. The fourth-order valence-electron chi connectivity index (χ4n) is 1.82. The lowest BCUT2D eigenvalue weighted by molar-refractivity contribution is -0.160. The van der Waals surface area contributed by atoms with Gasteiger partial charge in [-0.1, -0.05) is 0 Å². The molecule has 2 fully saturated rings. The number of hydrogen-bond donors (Lipinski definition) is 1. The van der Waals surface area contributed by atoms with E-state index in [0.29, 0.717) is 32.3 Å². The van der Waals surface area contributed by atoms with Crippen LogP contribution < -0.4 is 5.32 Å². The lowest BCUT2D eigenvalue weighted by Gasteiger charge is -2.30. The molecule has 1 unspecified atom stereocenters. The number of carbonyl (C=O) groups excluding carboxylic acids is 2. The van der Waals surface area contributed by atoms with Gasteiger partial charge in [-0.05, 0) is 12.8 Å². The van der Waals surface area contributed by atoms with E-state index in [0.717, 1.165) is 12.8 Å². The normalized spacial score (nSPS) is 25.4. The molecule has 2 rings (SSSR count). The van der Waals surface area contributed by atoms with Crippen molar-refractivity contribution in [1.29, 1.82) is 0 Å². The van der Waals surface area contributed by atoms with Gasteiger partial charge in [0.1, 0.15) is 0 Å². The number of morpholine rings is 1. The van der Waals surface area contributed by atoms with Crippen molar-refractivity contribution in [3.63, 3.8) is 0 Å². The Morgan fingerprint density at radius 3 is 2.88 bits per heavy atom. The van der Waals surface area contributed by atoms with Gasteiger partial charge in [0.15, 0.2) is 6.10 Å². The van der Waals surface area contributed by atoms with Crippen molar-refractivity contribution < 1.29 is 19.1 Å². The molecule has 0 bridgehead atoms. The maximum absolute atomic E-state index is 11.6. The molecular weight excluding hydrogens is 224 g/mol. The Labute approximate surface area is 100 Å². The summed E-state index contributed by atoms with van der Waals surface area (Å²) >= 11 is 0. The van der Waals surface area contributed by atoms with E-state index in [4.69, 9.17) is 4.74 Å². The van der Waals surface area contributed by atoms with Crippen LogP contribution in [-0.2, 0) is 19.1 Å². The number of carbonyl (C=O) groups is 2. The van der Waals surface area contributed by atoms with E-state index in [2.05, 4.69) is 10.1 Å². The molecule has 1 aliphatic heterocycles. The predicted molar refractivity (Wildman–Crippen MR) is 59.4 cm³/mol. The molecule has 0 aromatic rings. The van der Waals surface area contributed by atoms with Gasteiger partial charge in [-0.25, -0.2) is 4.79 Å². The van der Waals surface area contributed by atoms with Gasteiger partial charge in [0.2, 0.25) is 5.91 Å². The molecule has 1 amide bonds. The number of rotatable bonds is 4. The maximum atomic E-state index is 11.6. The highest BCUT2D eigenvalue weighted by Gasteiger charge is 2.29. The minimum Gasteiger partial charge on any atom is -0.467 e.